The van der Waals surface area contributed by atoms with Crippen molar-refractivity contribution in [3.63, 3.8) is 0 Å². The number of fused-ring (bicyclic) bond motifs is 1. The summed E-state index contributed by atoms with van der Waals surface area (Å²) in [6.07, 6.45) is 3.01. The van der Waals surface area contributed by atoms with Gasteiger partial charge in [0.15, 0.2) is 11.4 Å². The average molecular weight is 510 g/mol. The summed E-state index contributed by atoms with van der Waals surface area (Å²) in [5, 5.41) is 12.3. The summed E-state index contributed by atoms with van der Waals surface area (Å²) < 4.78 is 6.08. The van der Waals surface area contributed by atoms with E-state index in [-0.39, 0.29) is 35.9 Å². The summed E-state index contributed by atoms with van der Waals surface area (Å²) in [5.41, 5.74) is 4.21. The average Bonchev–Trinajstić information content (AvgIpc) is 3.37. The van der Waals surface area contributed by atoms with Crippen LogP contribution in [0.25, 0.3) is 0 Å². The normalized spacial score (nSPS) is 16.9. The molecule has 0 bridgehead atoms. The highest BCUT2D eigenvalue weighted by Crippen LogP contribution is 2.32. The van der Waals surface area contributed by atoms with Crippen LogP contribution < -0.4 is 10.1 Å². The minimum atomic E-state index is -0.356. The number of nitrogens with zero attached hydrogens (tertiary/aromatic N) is 4. The molecule has 194 valence electrons. The van der Waals surface area contributed by atoms with Gasteiger partial charge >= 0.3 is 0 Å². The summed E-state index contributed by atoms with van der Waals surface area (Å²) in [6.45, 7) is 6.33. The molecule has 0 radical (unpaired) electrons. The molecule has 1 atom stereocenters. The maximum atomic E-state index is 13.4. The lowest BCUT2D eigenvalue weighted by Gasteiger charge is -2.34. The number of benzene rings is 2. The molecule has 0 spiro atoms. The molecule has 1 aliphatic heterocycles. The van der Waals surface area contributed by atoms with Crippen molar-refractivity contribution >= 4 is 11.8 Å². The Bertz CT molecular complexity index is 1360. The van der Waals surface area contributed by atoms with Crippen molar-refractivity contribution in [2.75, 3.05) is 32.7 Å². The number of aryl methyl sites for hydroxylation is 1. The Morgan fingerprint density at radius 3 is 2.63 bits per heavy atom. The van der Waals surface area contributed by atoms with Gasteiger partial charge in [-0.2, -0.15) is 5.26 Å². The van der Waals surface area contributed by atoms with E-state index in [1.165, 1.54) is 6.20 Å². The summed E-state index contributed by atoms with van der Waals surface area (Å²) in [6, 6.07) is 18.9. The third-order valence-electron chi connectivity index (χ3n) is 7.31. The van der Waals surface area contributed by atoms with E-state index < -0.39 is 0 Å². The summed E-state index contributed by atoms with van der Waals surface area (Å²) in [5.74, 6) is -0.184. The molecule has 1 aliphatic carbocycles. The van der Waals surface area contributed by atoms with Crippen molar-refractivity contribution in [2.45, 2.75) is 32.4 Å². The van der Waals surface area contributed by atoms with E-state index in [1.54, 1.807) is 12.1 Å². The van der Waals surface area contributed by atoms with E-state index in [1.807, 2.05) is 47.4 Å². The predicted octanol–water partition coefficient (Wildman–Crippen LogP) is 3.73. The van der Waals surface area contributed by atoms with Crippen LogP contribution >= 0.6 is 0 Å². The maximum absolute atomic E-state index is 13.4. The SMILES string of the molecule is CCN1CCN(C(=O)c2cnc(C(=O)NC3CCc4cc(C#N)ccc43)c(OCc3ccccc3)c2)CC1. The van der Waals surface area contributed by atoms with Crippen LogP contribution in [0.1, 0.15) is 62.5 Å². The van der Waals surface area contributed by atoms with Gasteiger partial charge in [0.05, 0.1) is 23.2 Å². The fourth-order valence-electron chi connectivity index (χ4n) is 5.09. The third kappa shape index (κ3) is 5.53. The van der Waals surface area contributed by atoms with E-state index in [2.05, 4.69) is 28.2 Å². The zero-order valence-electron chi connectivity index (χ0n) is 21.5. The van der Waals surface area contributed by atoms with Crippen molar-refractivity contribution in [1.29, 1.82) is 5.26 Å². The van der Waals surface area contributed by atoms with Crippen molar-refractivity contribution in [1.82, 2.24) is 20.1 Å². The molecule has 1 aromatic heterocycles. The van der Waals surface area contributed by atoms with E-state index in [9.17, 15) is 14.9 Å². The number of likely N-dealkylation sites (N-methyl/N-ethyl adjacent to an activating group) is 1. The molecule has 2 aromatic carbocycles. The lowest BCUT2D eigenvalue weighted by atomic mass is 10.1. The number of aromatic nitrogens is 1. The van der Waals surface area contributed by atoms with Gasteiger partial charge in [-0.1, -0.05) is 43.3 Å². The van der Waals surface area contributed by atoms with Gasteiger partial charge < -0.3 is 19.9 Å². The molecule has 38 heavy (non-hydrogen) atoms. The summed E-state index contributed by atoms with van der Waals surface area (Å²) >= 11 is 0. The third-order valence-corrected chi connectivity index (χ3v) is 7.31. The number of nitriles is 1. The number of rotatable bonds is 7. The fourth-order valence-corrected chi connectivity index (χ4v) is 5.09. The van der Waals surface area contributed by atoms with Gasteiger partial charge in [0.1, 0.15) is 6.61 Å². The number of nitrogens with one attached hydrogen (secondary N) is 1. The molecule has 2 heterocycles. The molecular weight excluding hydrogens is 478 g/mol. The second-order valence-corrected chi connectivity index (χ2v) is 9.66. The van der Waals surface area contributed by atoms with Crippen LogP contribution in [-0.4, -0.2) is 59.3 Å². The quantitative estimate of drug-likeness (QED) is 0.521. The van der Waals surface area contributed by atoms with Gasteiger partial charge in [-0.05, 0) is 54.3 Å². The minimum absolute atomic E-state index is 0.109. The van der Waals surface area contributed by atoms with E-state index >= 15 is 0 Å². The van der Waals surface area contributed by atoms with E-state index in [0.29, 0.717) is 24.2 Å². The molecule has 3 aromatic rings. The minimum Gasteiger partial charge on any atom is -0.486 e. The van der Waals surface area contributed by atoms with Crippen LogP contribution in [0, 0.1) is 11.3 Å². The zero-order valence-corrected chi connectivity index (χ0v) is 21.5. The van der Waals surface area contributed by atoms with Gasteiger partial charge in [-0.3, -0.25) is 9.59 Å². The Morgan fingerprint density at radius 2 is 1.89 bits per heavy atom. The van der Waals surface area contributed by atoms with Crippen molar-refractivity contribution in [2.24, 2.45) is 0 Å². The molecule has 5 rings (SSSR count). The molecule has 1 N–H and O–H groups in total. The number of ether oxygens (including phenoxy) is 1. The van der Waals surface area contributed by atoms with E-state index in [0.717, 1.165) is 49.2 Å². The Balaban J connectivity index is 1.37. The van der Waals surface area contributed by atoms with Gasteiger partial charge in [0.2, 0.25) is 0 Å². The van der Waals surface area contributed by atoms with Crippen molar-refractivity contribution in [3.05, 3.63) is 94.3 Å². The Hall–Kier alpha value is -4.22. The summed E-state index contributed by atoms with van der Waals surface area (Å²) in [7, 11) is 0. The van der Waals surface area contributed by atoms with Gasteiger partial charge in [0, 0.05) is 32.4 Å². The predicted molar refractivity (Wildman–Crippen MR) is 143 cm³/mol. The lowest BCUT2D eigenvalue weighted by molar-refractivity contribution is 0.0641. The van der Waals surface area contributed by atoms with Crippen LogP contribution in [0.5, 0.6) is 5.75 Å². The summed E-state index contributed by atoms with van der Waals surface area (Å²) in [4.78, 5) is 35.2. The largest absolute Gasteiger partial charge is 0.486 e. The molecule has 2 amide bonds. The van der Waals surface area contributed by atoms with Crippen LogP contribution in [0.3, 0.4) is 0 Å². The highest BCUT2D eigenvalue weighted by molar-refractivity contribution is 5.98. The second-order valence-electron chi connectivity index (χ2n) is 9.66. The number of pyridine rings is 1. The monoisotopic (exact) mass is 509 g/mol. The highest BCUT2D eigenvalue weighted by atomic mass is 16.5. The van der Waals surface area contributed by atoms with Crippen LogP contribution in [0.2, 0.25) is 0 Å². The topological polar surface area (TPSA) is 98.6 Å². The van der Waals surface area contributed by atoms with Crippen molar-refractivity contribution in [3.8, 4) is 11.8 Å². The zero-order chi connectivity index (χ0) is 26.5. The van der Waals surface area contributed by atoms with Gasteiger partial charge in [-0.15, -0.1) is 0 Å². The number of hydrogen-bond donors (Lipinski definition) is 1. The Morgan fingerprint density at radius 1 is 1.11 bits per heavy atom. The first-order valence-electron chi connectivity index (χ1n) is 13.1. The molecule has 8 heteroatoms. The van der Waals surface area contributed by atoms with Crippen LogP contribution in [0.15, 0.2) is 60.8 Å². The number of carbonyl (C=O) groups is 2. The molecule has 0 saturated carbocycles. The fraction of sp³-hybridized carbons (Fsp3) is 0.333. The second kappa shape index (κ2) is 11.4. The number of amides is 2. The standard InChI is InChI=1S/C30H31N5O3/c1-2-34-12-14-35(15-13-34)30(37)24-17-27(38-20-21-6-4-3-5-7-21)28(32-19-24)29(36)33-26-11-9-23-16-22(18-31)8-10-25(23)26/h3-8,10,16-17,19,26H,2,9,11-15,20H2,1H3,(H,33,36). The van der Waals surface area contributed by atoms with Crippen LogP contribution in [0.4, 0.5) is 0 Å². The molecular formula is C30H31N5O3. The number of hydrogen-bond acceptors (Lipinski definition) is 6. The molecule has 8 nitrogen and oxygen atoms in total. The van der Waals surface area contributed by atoms with Gasteiger partial charge in [0.25, 0.3) is 11.8 Å². The van der Waals surface area contributed by atoms with Crippen LogP contribution in [-0.2, 0) is 13.0 Å². The first-order valence-corrected chi connectivity index (χ1v) is 13.1. The Labute approximate surface area is 222 Å². The molecule has 1 unspecified atom stereocenters. The van der Waals surface area contributed by atoms with Gasteiger partial charge in [-0.25, -0.2) is 4.98 Å². The number of piperazine rings is 1. The highest BCUT2D eigenvalue weighted by Gasteiger charge is 2.28. The Kier molecular flexibility index (Phi) is 7.66. The number of carbonyl (C=O) groups excluding carboxylic acids is 2. The smallest absolute Gasteiger partial charge is 0.274 e. The molecule has 2 aliphatic rings. The maximum Gasteiger partial charge on any atom is 0.274 e. The van der Waals surface area contributed by atoms with Crippen molar-refractivity contribution < 1.29 is 14.3 Å². The molecule has 1 fully saturated rings. The molecule has 1 saturated heterocycles. The first-order chi connectivity index (χ1) is 18.6. The first kappa shape index (κ1) is 25.4. The van der Waals surface area contributed by atoms with E-state index in [4.69, 9.17) is 4.74 Å². The lowest BCUT2D eigenvalue weighted by Crippen LogP contribution is -2.48.